The lowest BCUT2D eigenvalue weighted by Crippen LogP contribution is -2.44. The largest absolute Gasteiger partial charge is 0.388 e. The molecule has 2 rings (SSSR count). The molecule has 1 aromatic rings. The molecule has 1 heterocycles. The minimum Gasteiger partial charge on any atom is -0.388 e. The summed E-state index contributed by atoms with van der Waals surface area (Å²) >= 11 is 0. The van der Waals surface area contributed by atoms with E-state index in [0.29, 0.717) is 19.3 Å². The van der Waals surface area contributed by atoms with Crippen LogP contribution in [0.4, 0.5) is 0 Å². The van der Waals surface area contributed by atoms with Crippen molar-refractivity contribution in [2.45, 2.75) is 49.9 Å². The lowest BCUT2D eigenvalue weighted by molar-refractivity contribution is 0.0494. The van der Waals surface area contributed by atoms with Crippen LogP contribution < -0.4 is 0 Å². The SMILES string of the molecule is CCc1cc(CC2(O)CCCC2S(C)(=O)=O)n(C)n1. The maximum atomic E-state index is 11.8. The number of sulfone groups is 1. The summed E-state index contributed by atoms with van der Waals surface area (Å²) in [6.07, 6.45) is 4.25. The summed E-state index contributed by atoms with van der Waals surface area (Å²) in [7, 11) is -1.39. The quantitative estimate of drug-likeness (QED) is 0.891. The minimum atomic E-state index is -3.22. The highest BCUT2D eigenvalue weighted by molar-refractivity contribution is 7.91. The van der Waals surface area contributed by atoms with Gasteiger partial charge in [-0.3, -0.25) is 4.68 Å². The highest BCUT2D eigenvalue weighted by Gasteiger charge is 2.47. The van der Waals surface area contributed by atoms with Crippen molar-refractivity contribution in [3.05, 3.63) is 17.5 Å². The second-order valence-electron chi connectivity index (χ2n) is 5.59. The van der Waals surface area contributed by atoms with E-state index < -0.39 is 20.7 Å². The number of hydrogen-bond acceptors (Lipinski definition) is 4. The van der Waals surface area contributed by atoms with E-state index in [1.807, 2.05) is 20.0 Å². The van der Waals surface area contributed by atoms with Gasteiger partial charge in [-0.15, -0.1) is 0 Å². The van der Waals surface area contributed by atoms with E-state index in [1.54, 1.807) is 4.68 Å². The Kier molecular flexibility index (Phi) is 3.75. The van der Waals surface area contributed by atoms with E-state index in [4.69, 9.17) is 0 Å². The number of aromatic nitrogens is 2. The van der Waals surface area contributed by atoms with Crippen LogP contribution in [0.25, 0.3) is 0 Å². The third-order valence-corrected chi connectivity index (χ3v) is 5.78. The molecule has 6 heteroatoms. The molecule has 1 aromatic heterocycles. The van der Waals surface area contributed by atoms with Crippen molar-refractivity contribution in [2.24, 2.45) is 7.05 Å². The standard InChI is InChI=1S/C13H22N2O3S/c1-4-10-8-11(15(2)14-10)9-13(16)7-5-6-12(13)19(3,17)18/h8,12,16H,4-7,9H2,1-3H3. The zero-order valence-corrected chi connectivity index (χ0v) is 12.6. The van der Waals surface area contributed by atoms with Crippen LogP contribution in [-0.2, 0) is 29.7 Å². The molecule has 0 aliphatic heterocycles. The van der Waals surface area contributed by atoms with Crippen molar-refractivity contribution in [2.75, 3.05) is 6.26 Å². The topological polar surface area (TPSA) is 72.2 Å². The van der Waals surface area contributed by atoms with Crippen LogP contribution in [0.15, 0.2) is 6.07 Å². The maximum absolute atomic E-state index is 11.8. The minimum absolute atomic E-state index is 0.355. The Morgan fingerprint density at radius 2 is 2.26 bits per heavy atom. The fraction of sp³-hybridized carbons (Fsp3) is 0.769. The van der Waals surface area contributed by atoms with Crippen LogP contribution in [0.5, 0.6) is 0 Å². The Morgan fingerprint density at radius 1 is 1.58 bits per heavy atom. The predicted molar refractivity (Wildman–Crippen MR) is 73.7 cm³/mol. The van der Waals surface area contributed by atoms with Gasteiger partial charge in [0.2, 0.25) is 0 Å². The summed E-state index contributed by atoms with van der Waals surface area (Å²) in [5.41, 5.74) is 0.719. The number of hydrogen-bond donors (Lipinski definition) is 1. The molecule has 2 atom stereocenters. The second kappa shape index (κ2) is 4.90. The smallest absolute Gasteiger partial charge is 0.153 e. The lowest BCUT2D eigenvalue weighted by atomic mass is 9.95. The molecule has 2 unspecified atom stereocenters. The molecule has 0 saturated heterocycles. The molecule has 0 radical (unpaired) electrons. The third-order valence-electron chi connectivity index (χ3n) is 4.07. The molecule has 1 aliphatic rings. The average Bonchev–Trinajstić information content (AvgIpc) is 2.83. The Morgan fingerprint density at radius 3 is 2.79 bits per heavy atom. The first-order valence-electron chi connectivity index (χ1n) is 6.69. The van der Waals surface area contributed by atoms with Gasteiger partial charge < -0.3 is 5.11 Å². The Labute approximate surface area is 114 Å². The van der Waals surface area contributed by atoms with Gasteiger partial charge in [-0.05, 0) is 31.7 Å². The Hall–Kier alpha value is -0.880. The molecule has 1 aliphatic carbocycles. The molecular weight excluding hydrogens is 264 g/mol. The predicted octanol–water partition coefficient (Wildman–Crippen LogP) is 0.853. The van der Waals surface area contributed by atoms with Crippen LogP contribution in [0.3, 0.4) is 0 Å². The Balaban J connectivity index is 2.27. The molecule has 19 heavy (non-hydrogen) atoms. The van der Waals surface area contributed by atoms with Crippen molar-refractivity contribution in [1.29, 1.82) is 0 Å². The molecule has 1 N–H and O–H groups in total. The fourth-order valence-corrected chi connectivity index (χ4v) is 4.65. The first kappa shape index (κ1) is 14.5. The molecular formula is C13H22N2O3S. The number of nitrogens with zero attached hydrogens (tertiary/aromatic N) is 2. The average molecular weight is 286 g/mol. The summed E-state index contributed by atoms with van der Waals surface area (Å²) in [6.45, 7) is 2.02. The molecule has 108 valence electrons. The molecule has 0 amide bonds. The molecule has 0 spiro atoms. The second-order valence-corrected chi connectivity index (χ2v) is 7.82. The van der Waals surface area contributed by atoms with Gasteiger partial charge in [0, 0.05) is 25.4 Å². The summed E-state index contributed by atoms with van der Waals surface area (Å²) in [6, 6.07) is 1.95. The summed E-state index contributed by atoms with van der Waals surface area (Å²) < 4.78 is 25.4. The highest BCUT2D eigenvalue weighted by Crippen LogP contribution is 2.37. The van der Waals surface area contributed by atoms with Crippen LogP contribution in [0.2, 0.25) is 0 Å². The summed E-state index contributed by atoms with van der Waals surface area (Å²) in [5.74, 6) is 0. The normalized spacial score (nSPS) is 27.9. The van der Waals surface area contributed by atoms with Gasteiger partial charge in [0.25, 0.3) is 0 Å². The number of rotatable bonds is 4. The van der Waals surface area contributed by atoms with Gasteiger partial charge in [-0.2, -0.15) is 5.10 Å². The van der Waals surface area contributed by atoms with Crippen molar-refractivity contribution in [3.8, 4) is 0 Å². The number of aliphatic hydroxyl groups is 1. The van der Waals surface area contributed by atoms with Gasteiger partial charge in [0.05, 0.1) is 16.5 Å². The maximum Gasteiger partial charge on any atom is 0.153 e. The summed E-state index contributed by atoms with van der Waals surface area (Å²) in [5, 5.41) is 14.4. The van der Waals surface area contributed by atoms with E-state index in [9.17, 15) is 13.5 Å². The first-order chi connectivity index (χ1) is 8.76. The van der Waals surface area contributed by atoms with E-state index in [2.05, 4.69) is 5.10 Å². The fourth-order valence-electron chi connectivity index (χ4n) is 3.06. The van der Waals surface area contributed by atoms with Gasteiger partial charge >= 0.3 is 0 Å². The van der Waals surface area contributed by atoms with E-state index in [1.165, 1.54) is 6.26 Å². The molecule has 0 bridgehead atoms. The van der Waals surface area contributed by atoms with Crippen molar-refractivity contribution in [1.82, 2.24) is 9.78 Å². The zero-order valence-electron chi connectivity index (χ0n) is 11.8. The number of aryl methyl sites for hydroxylation is 2. The summed E-state index contributed by atoms with van der Waals surface area (Å²) in [4.78, 5) is 0. The van der Waals surface area contributed by atoms with Gasteiger partial charge in [-0.25, -0.2) is 8.42 Å². The molecule has 1 saturated carbocycles. The molecule has 0 aromatic carbocycles. The van der Waals surface area contributed by atoms with Crippen molar-refractivity contribution >= 4 is 9.84 Å². The van der Waals surface area contributed by atoms with Crippen LogP contribution >= 0.6 is 0 Å². The van der Waals surface area contributed by atoms with Crippen molar-refractivity contribution in [3.63, 3.8) is 0 Å². The van der Waals surface area contributed by atoms with Gasteiger partial charge in [-0.1, -0.05) is 6.92 Å². The third kappa shape index (κ3) is 2.84. The van der Waals surface area contributed by atoms with E-state index >= 15 is 0 Å². The monoisotopic (exact) mass is 286 g/mol. The van der Waals surface area contributed by atoms with E-state index in [-0.39, 0.29) is 0 Å². The Bertz CT molecular complexity index is 564. The zero-order chi connectivity index (χ0) is 14.3. The lowest BCUT2D eigenvalue weighted by Gasteiger charge is -2.28. The van der Waals surface area contributed by atoms with E-state index in [0.717, 1.165) is 24.2 Å². The molecule has 5 nitrogen and oxygen atoms in total. The molecule has 1 fully saturated rings. The highest BCUT2D eigenvalue weighted by atomic mass is 32.2. The van der Waals surface area contributed by atoms with Crippen LogP contribution in [0.1, 0.15) is 37.6 Å². The van der Waals surface area contributed by atoms with Crippen LogP contribution in [0, 0.1) is 0 Å². The van der Waals surface area contributed by atoms with Gasteiger partial charge in [0.1, 0.15) is 0 Å². The van der Waals surface area contributed by atoms with Crippen molar-refractivity contribution < 1.29 is 13.5 Å². The first-order valence-corrected chi connectivity index (χ1v) is 8.65. The van der Waals surface area contributed by atoms with Crippen LogP contribution in [-0.4, -0.2) is 40.4 Å². The van der Waals surface area contributed by atoms with Gasteiger partial charge in [0.15, 0.2) is 9.84 Å².